The molecule has 0 saturated heterocycles. The van der Waals surface area contributed by atoms with Gasteiger partial charge in [0, 0.05) is 25.1 Å². The lowest BCUT2D eigenvalue weighted by Crippen LogP contribution is -2.44. The van der Waals surface area contributed by atoms with Gasteiger partial charge < -0.3 is 19.3 Å². The molecule has 0 aromatic carbocycles. The van der Waals surface area contributed by atoms with Gasteiger partial charge in [-0.2, -0.15) is 0 Å². The number of hydrogen-bond donors (Lipinski definition) is 1. The smallest absolute Gasteiger partial charge is 0.227 e. The van der Waals surface area contributed by atoms with Crippen LogP contribution in [0.2, 0.25) is 0 Å². The molecule has 1 saturated carbocycles. The third-order valence-corrected chi connectivity index (χ3v) is 4.34. The normalized spacial score (nSPS) is 20.2. The summed E-state index contributed by atoms with van der Waals surface area (Å²) in [5, 5.41) is 15.4. The highest BCUT2D eigenvalue weighted by Gasteiger charge is 2.34. The Labute approximate surface area is 141 Å². The van der Waals surface area contributed by atoms with Gasteiger partial charge in [-0.3, -0.25) is 4.79 Å². The maximum absolute atomic E-state index is 12.0. The van der Waals surface area contributed by atoms with Crippen LogP contribution >= 0.6 is 0 Å². The highest BCUT2D eigenvalue weighted by Crippen LogP contribution is 2.35. The van der Waals surface area contributed by atoms with Gasteiger partial charge in [-0.1, -0.05) is 5.16 Å². The van der Waals surface area contributed by atoms with Crippen molar-refractivity contribution >= 4 is 5.91 Å². The third kappa shape index (κ3) is 3.64. The molecule has 1 N–H and O–H groups in total. The fourth-order valence-electron chi connectivity index (χ4n) is 3.03. The predicted molar refractivity (Wildman–Crippen MR) is 87.2 cm³/mol. The molecule has 24 heavy (non-hydrogen) atoms. The molecule has 1 amide bonds. The molecule has 0 atom stereocenters. The maximum atomic E-state index is 12.0. The lowest BCUT2D eigenvalue weighted by molar-refractivity contribution is -0.122. The second kappa shape index (κ2) is 6.72. The molecule has 0 bridgehead atoms. The second-order valence-corrected chi connectivity index (χ2v) is 6.82. The lowest BCUT2D eigenvalue weighted by Gasteiger charge is -2.35. The van der Waals surface area contributed by atoms with Crippen molar-refractivity contribution in [2.45, 2.75) is 44.7 Å². The van der Waals surface area contributed by atoms with Crippen LogP contribution in [0.4, 0.5) is 0 Å². The van der Waals surface area contributed by atoms with E-state index in [0.29, 0.717) is 11.7 Å². The van der Waals surface area contributed by atoms with Crippen molar-refractivity contribution in [1.82, 2.24) is 30.1 Å². The van der Waals surface area contributed by atoms with E-state index in [0.717, 1.165) is 36.7 Å². The van der Waals surface area contributed by atoms with Crippen LogP contribution in [0.3, 0.4) is 0 Å². The first kappa shape index (κ1) is 16.6. The molecule has 0 unspecified atom stereocenters. The summed E-state index contributed by atoms with van der Waals surface area (Å²) >= 11 is 0. The second-order valence-electron chi connectivity index (χ2n) is 6.82. The number of hydrogen-bond acceptors (Lipinski definition) is 6. The van der Waals surface area contributed by atoms with Gasteiger partial charge in [-0.25, -0.2) is 0 Å². The number of carbonyl (C=O) groups is 1. The Kier molecular flexibility index (Phi) is 4.66. The first-order valence-corrected chi connectivity index (χ1v) is 8.17. The van der Waals surface area contributed by atoms with Crippen LogP contribution in [-0.4, -0.2) is 50.9 Å². The number of aryl methyl sites for hydroxylation is 1. The molecule has 0 aliphatic heterocycles. The summed E-state index contributed by atoms with van der Waals surface area (Å²) in [6.45, 7) is 2.61. The zero-order valence-electron chi connectivity index (χ0n) is 14.6. The minimum atomic E-state index is -0.0270. The Balaban J connectivity index is 1.49. The SMILES string of the molecule is Cc1cc(CC(=O)NC2CC(c3nnc(CN(C)C)n3C)C2)on1. The highest BCUT2D eigenvalue weighted by atomic mass is 16.5. The van der Waals surface area contributed by atoms with Gasteiger partial charge in [0.05, 0.1) is 18.7 Å². The average molecular weight is 332 g/mol. The van der Waals surface area contributed by atoms with E-state index in [1.165, 1.54) is 0 Å². The zero-order valence-corrected chi connectivity index (χ0v) is 14.6. The highest BCUT2D eigenvalue weighted by molar-refractivity contribution is 5.78. The van der Waals surface area contributed by atoms with Crippen LogP contribution in [0.15, 0.2) is 10.6 Å². The molecule has 1 aliphatic rings. The summed E-state index contributed by atoms with van der Waals surface area (Å²) in [6, 6.07) is 1.98. The Hall–Kier alpha value is -2.22. The Morgan fingerprint density at radius 1 is 1.42 bits per heavy atom. The summed E-state index contributed by atoms with van der Waals surface area (Å²) in [7, 11) is 6.03. The van der Waals surface area contributed by atoms with E-state index >= 15 is 0 Å². The van der Waals surface area contributed by atoms with Crippen LogP contribution in [0.25, 0.3) is 0 Å². The molecule has 2 aromatic heterocycles. The van der Waals surface area contributed by atoms with Gasteiger partial charge in [-0.15, -0.1) is 10.2 Å². The largest absolute Gasteiger partial charge is 0.361 e. The van der Waals surface area contributed by atoms with Crippen LogP contribution in [0.5, 0.6) is 0 Å². The number of nitrogens with zero attached hydrogens (tertiary/aromatic N) is 5. The topological polar surface area (TPSA) is 89.1 Å². The Bertz CT molecular complexity index is 714. The van der Waals surface area contributed by atoms with Crippen LogP contribution in [0, 0.1) is 6.92 Å². The van der Waals surface area contributed by atoms with E-state index in [-0.39, 0.29) is 18.4 Å². The summed E-state index contributed by atoms with van der Waals surface area (Å²) in [4.78, 5) is 14.1. The lowest BCUT2D eigenvalue weighted by atomic mass is 9.79. The fraction of sp³-hybridized carbons (Fsp3) is 0.625. The summed E-state index contributed by atoms with van der Waals surface area (Å²) in [5.74, 6) is 2.89. The molecule has 8 heteroatoms. The van der Waals surface area contributed by atoms with Gasteiger partial charge >= 0.3 is 0 Å². The number of nitrogens with one attached hydrogen (secondary N) is 1. The molecule has 3 rings (SSSR count). The van der Waals surface area contributed by atoms with E-state index in [4.69, 9.17) is 4.52 Å². The van der Waals surface area contributed by atoms with Crippen molar-refractivity contribution in [3.05, 3.63) is 29.2 Å². The minimum absolute atomic E-state index is 0.0270. The van der Waals surface area contributed by atoms with Gasteiger partial charge in [0.15, 0.2) is 0 Å². The molecule has 1 fully saturated rings. The number of rotatable bonds is 6. The molecular weight excluding hydrogens is 308 g/mol. The molecule has 8 nitrogen and oxygen atoms in total. The van der Waals surface area contributed by atoms with Crippen LogP contribution in [-0.2, 0) is 24.8 Å². The van der Waals surface area contributed by atoms with Crippen molar-refractivity contribution in [2.24, 2.45) is 7.05 Å². The zero-order chi connectivity index (χ0) is 17.3. The van der Waals surface area contributed by atoms with Gasteiger partial charge in [0.2, 0.25) is 5.91 Å². The first-order chi connectivity index (χ1) is 11.4. The number of carbonyl (C=O) groups excluding carboxylic acids is 1. The van der Waals surface area contributed by atoms with Gasteiger partial charge in [0.1, 0.15) is 17.4 Å². The molecule has 1 aliphatic carbocycles. The van der Waals surface area contributed by atoms with Gasteiger partial charge in [0.25, 0.3) is 0 Å². The summed E-state index contributed by atoms with van der Waals surface area (Å²) in [5.41, 5.74) is 0.789. The van der Waals surface area contributed by atoms with Crippen LogP contribution in [0.1, 0.15) is 41.9 Å². The minimum Gasteiger partial charge on any atom is -0.361 e. The first-order valence-electron chi connectivity index (χ1n) is 8.17. The summed E-state index contributed by atoms with van der Waals surface area (Å²) in [6.07, 6.45) is 2.03. The predicted octanol–water partition coefficient (Wildman–Crippen LogP) is 0.778. The summed E-state index contributed by atoms with van der Waals surface area (Å²) < 4.78 is 7.14. The van der Waals surface area contributed by atoms with E-state index in [1.54, 1.807) is 6.07 Å². The fourth-order valence-corrected chi connectivity index (χ4v) is 3.03. The molecule has 2 heterocycles. The number of amides is 1. The molecular formula is C16H24N6O2. The molecule has 0 spiro atoms. The van der Waals surface area contributed by atoms with Crippen molar-refractivity contribution in [1.29, 1.82) is 0 Å². The monoisotopic (exact) mass is 332 g/mol. The van der Waals surface area contributed by atoms with Crippen molar-refractivity contribution in [3.63, 3.8) is 0 Å². The average Bonchev–Trinajstić information content (AvgIpc) is 3.01. The van der Waals surface area contributed by atoms with E-state index < -0.39 is 0 Å². The van der Waals surface area contributed by atoms with E-state index in [1.807, 2.05) is 28.1 Å². The molecule has 130 valence electrons. The van der Waals surface area contributed by atoms with E-state index in [9.17, 15) is 4.79 Å². The van der Waals surface area contributed by atoms with Crippen LogP contribution < -0.4 is 5.32 Å². The quantitative estimate of drug-likeness (QED) is 0.841. The molecule has 2 aromatic rings. The van der Waals surface area contributed by atoms with Crippen molar-refractivity contribution in [3.8, 4) is 0 Å². The van der Waals surface area contributed by atoms with Crippen molar-refractivity contribution in [2.75, 3.05) is 14.1 Å². The van der Waals surface area contributed by atoms with Gasteiger partial charge in [-0.05, 0) is 33.9 Å². The van der Waals surface area contributed by atoms with E-state index in [2.05, 4.69) is 30.1 Å². The number of aromatic nitrogens is 4. The maximum Gasteiger partial charge on any atom is 0.227 e. The Morgan fingerprint density at radius 3 is 2.79 bits per heavy atom. The Morgan fingerprint density at radius 2 is 2.17 bits per heavy atom. The third-order valence-electron chi connectivity index (χ3n) is 4.34. The standard InChI is InChI=1S/C16H24N6O2/c1-10-5-13(24-20-10)8-15(23)17-12-6-11(7-12)16-19-18-14(22(16)4)9-21(2)3/h5,11-12H,6-9H2,1-4H3,(H,17,23). The van der Waals surface area contributed by atoms with Crippen molar-refractivity contribution < 1.29 is 9.32 Å². The molecule has 0 radical (unpaired) electrons.